The number of rotatable bonds is 0. The number of aromatic nitrogens is 2. The molecule has 88 valence electrons. The molecule has 0 atom stereocenters. The second-order valence-corrected chi connectivity index (χ2v) is 5.20. The highest BCUT2D eigenvalue weighted by atomic mass is 79.9. The zero-order chi connectivity index (χ0) is 12.3. The van der Waals surface area contributed by atoms with E-state index in [0.29, 0.717) is 5.02 Å². The van der Waals surface area contributed by atoms with E-state index >= 15 is 0 Å². The summed E-state index contributed by atoms with van der Waals surface area (Å²) in [6, 6.07) is 11.4. The first-order valence-electron chi connectivity index (χ1n) is 5.39. The Hall–Kier alpha value is -1.52. The summed E-state index contributed by atoms with van der Waals surface area (Å²) in [7, 11) is 0. The molecule has 0 saturated carbocycles. The van der Waals surface area contributed by atoms with Gasteiger partial charge in [0.05, 0.1) is 11.2 Å². The smallest absolute Gasteiger partial charge is 0.183 e. The fourth-order valence-corrected chi connectivity index (χ4v) is 2.96. The van der Waals surface area contributed by atoms with Crippen LogP contribution in [0.15, 0.2) is 41.1 Å². The van der Waals surface area contributed by atoms with E-state index < -0.39 is 0 Å². The molecule has 0 saturated heterocycles. The maximum atomic E-state index is 6.00. The molecule has 2 aromatic carbocycles. The molecule has 0 aliphatic carbocycles. The average molecular weight is 322 g/mol. The summed E-state index contributed by atoms with van der Waals surface area (Å²) in [5.74, 6) is 1.53. The molecule has 0 radical (unpaired) electrons. The van der Waals surface area contributed by atoms with Crippen LogP contribution in [-0.4, -0.2) is 9.55 Å². The van der Waals surface area contributed by atoms with Crippen LogP contribution in [0.3, 0.4) is 0 Å². The van der Waals surface area contributed by atoms with Crippen molar-refractivity contribution in [1.29, 1.82) is 0 Å². The van der Waals surface area contributed by atoms with Gasteiger partial charge in [-0.15, -0.1) is 0 Å². The summed E-state index contributed by atoms with van der Waals surface area (Å²) < 4.78 is 8.67. The third-order valence-electron chi connectivity index (χ3n) is 2.98. The predicted octanol–water partition coefficient (Wildman–Crippen LogP) is 4.55. The van der Waals surface area contributed by atoms with Gasteiger partial charge in [-0.25, -0.2) is 4.98 Å². The van der Waals surface area contributed by atoms with Crippen LogP contribution in [0.25, 0.3) is 16.7 Å². The number of halogens is 2. The van der Waals surface area contributed by atoms with Crippen molar-refractivity contribution in [3.63, 3.8) is 0 Å². The van der Waals surface area contributed by atoms with Gasteiger partial charge >= 0.3 is 0 Å². The Morgan fingerprint density at radius 2 is 2.06 bits per heavy atom. The van der Waals surface area contributed by atoms with E-state index in [-0.39, 0.29) is 0 Å². The Labute approximate surface area is 116 Å². The van der Waals surface area contributed by atoms with Crippen LogP contribution >= 0.6 is 27.5 Å². The molecule has 3 nitrogen and oxygen atoms in total. The van der Waals surface area contributed by atoms with Crippen molar-refractivity contribution in [2.24, 2.45) is 0 Å². The molecule has 0 N–H and O–H groups in total. The third kappa shape index (κ3) is 1.27. The SMILES string of the molecule is Clc1ccc2c(c1)Oc1cccc3nc(Br)n-2c13. The van der Waals surface area contributed by atoms with Gasteiger partial charge in [0.25, 0.3) is 0 Å². The summed E-state index contributed by atoms with van der Waals surface area (Å²) in [4.78, 5) is 4.47. The predicted molar refractivity (Wildman–Crippen MR) is 73.9 cm³/mol. The fraction of sp³-hybridized carbons (Fsp3) is 0. The number of ether oxygens (including phenoxy) is 1. The lowest BCUT2D eigenvalue weighted by Gasteiger charge is -2.20. The average Bonchev–Trinajstić information content (AvgIpc) is 2.68. The van der Waals surface area contributed by atoms with Crippen molar-refractivity contribution in [3.05, 3.63) is 46.2 Å². The van der Waals surface area contributed by atoms with Crippen LogP contribution < -0.4 is 4.74 Å². The molecule has 1 aromatic heterocycles. The first kappa shape index (κ1) is 10.4. The van der Waals surface area contributed by atoms with E-state index in [2.05, 4.69) is 20.9 Å². The molecule has 0 spiro atoms. The van der Waals surface area contributed by atoms with Crippen molar-refractivity contribution in [1.82, 2.24) is 9.55 Å². The summed E-state index contributed by atoms with van der Waals surface area (Å²) in [6.45, 7) is 0. The van der Waals surface area contributed by atoms with Gasteiger partial charge in [-0.2, -0.15) is 0 Å². The summed E-state index contributed by atoms with van der Waals surface area (Å²) in [5.41, 5.74) is 2.81. The lowest BCUT2D eigenvalue weighted by molar-refractivity contribution is 0.475. The van der Waals surface area contributed by atoms with E-state index in [1.54, 1.807) is 0 Å². The van der Waals surface area contributed by atoms with Gasteiger partial charge in [0.2, 0.25) is 0 Å². The van der Waals surface area contributed by atoms with E-state index in [9.17, 15) is 0 Å². The molecule has 0 fully saturated rings. The number of hydrogen-bond donors (Lipinski definition) is 0. The van der Waals surface area contributed by atoms with Gasteiger partial charge in [-0.3, -0.25) is 4.57 Å². The lowest BCUT2D eigenvalue weighted by Crippen LogP contribution is -2.04. The highest BCUT2D eigenvalue weighted by molar-refractivity contribution is 9.10. The Bertz CT molecular complexity index is 797. The van der Waals surface area contributed by atoms with Gasteiger partial charge in [0, 0.05) is 11.1 Å². The van der Waals surface area contributed by atoms with Crippen molar-refractivity contribution >= 4 is 38.6 Å². The molecule has 18 heavy (non-hydrogen) atoms. The zero-order valence-electron chi connectivity index (χ0n) is 9.02. The minimum absolute atomic E-state index is 0.653. The Kier molecular flexibility index (Phi) is 2.02. The van der Waals surface area contributed by atoms with Gasteiger partial charge in [-0.1, -0.05) is 17.7 Å². The second kappa shape index (κ2) is 3.49. The number of imidazole rings is 1. The van der Waals surface area contributed by atoms with Crippen molar-refractivity contribution in [2.45, 2.75) is 0 Å². The third-order valence-corrected chi connectivity index (χ3v) is 3.75. The monoisotopic (exact) mass is 320 g/mol. The van der Waals surface area contributed by atoms with Gasteiger partial charge < -0.3 is 4.74 Å². The molecule has 1 aliphatic rings. The largest absolute Gasteiger partial charge is 0.453 e. The quantitative estimate of drug-likeness (QED) is 0.475. The number of para-hydroxylation sites is 1. The molecule has 2 heterocycles. The number of fused-ring (bicyclic) bond motifs is 2. The molecule has 0 unspecified atom stereocenters. The summed E-state index contributed by atoms with van der Waals surface area (Å²) >= 11 is 9.49. The molecule has 0 bridgehead atoms. The zero-order valence-corrected chi connectivity index (χ0v) is 11.4. The van der Waals surface area contributed by atoms with Crippen molar-refractivity contribution < 1.29 is 4.74 Å². The van der Waals surface area contributed by atoms with Crippen LogP contribution in [0.2, 0.25) is 5.02 Å². The minimum atomic E-state index is 0.653. The van der Waals surface area contributed by atoms with Crippen molar-refractivity contribution in [3.8, 4) is 17.2 Å². The van der Waals surface area contributed by atoms with Crippen LogP contribution in [0.4, 0.5) is 0 Å². The minimum Gasteiger partial charge on any atom is -0.453 e. The first-order valence-corrected chi connectivity index (χ1v) is 6.56. The summed E-state index contributed by atoms with van der Waals surface area (Å²) in [5, 5.41) is 0.653. The van der Waals surface area contributed by atoms with Crippen LogP contribution in [0, 0.1) is 0 Å². The van der Waals surface area contributed by atoms with Gasteiger partial charge in [0.15, 0.2) is 16.2 Å². The lowest BCUT2D eigenvalue weighted by atomic mass is 10.2. The van der Waals surface area contributed by atoms with Crippen LogP contribution in [-0.2, 0) is 0 Å². The molecule has 3 aromatic rings. The van der Waals surface area contributed by atoms with E-state index in [1.807, 2.05) is 41.0 Å². The van der Waals surface area contributed by atoms with Crippen LogP contribution in [0.5, 0.6) is 11.5 Å². The number of benzene rings is 2. The summed E-state index contributed by atoms with van der Waals surface area (Å²) in [6.07, 6.45) is 0. The Morgan fingerprint density at radius 3 is 2.94 bits per heavy atom. The van der Waals surface area contributed by atoms with Crippen LogP contribution in [0.1, 0.15) is 0 Å². The molecular weight excluding hydrogens is 316 g/mol. The second-order valence-electron chi connectivity index (χ2n) is 4.05. The van der Waals surface area contributed by atoms with Gasteiger partial charge in [-0.05, 0) is 40.2 Å². The van der Waals surface area contributed by atoms with E-state index in [0.717, 1.165) is 33.0 Å². The number of hydrogen-bond acceptors (Lipinski definition) is 2. The fourth-order valence-electron chi connectivity index (χ4n) is 2.24. The standard InChI is InChI=1S/C13H6BrClN2O/c14-13-16-8-2-1-3-10-12(8)17(13)9-5-4-7(15)6-11(9)18-10/h1-6H. The highest BCUT2D eigenvalue weighted by Crippen LogP contribution is 2.42. The number of nitrogens with zero attached hydrogens (tertiary/aromatic N) is 2. The Balaban J connectivity index is 2.19. The molecule has 1 aliphatic heterocycles. The Morgan fingerprint density at radius 1 is 1.17 bits per heavy atom. The molecule has 4 rings (SSSR count). The topological polar surface area (TPSA) is 27.1 Å². The highest BCUT2D eigenvalue weighted by Gasteiger charge is 2.23. The molecule has 5 heteroatoms. The van der Waals surface area contributed by atoms with Gasteiger partial charge in [0.1, 0.15) is 5.52 Å². The molecule has 0 amide bonds. The van der Waals surface area contributed by atoms with Crippen molar-refractivity contribution in [2.75, 3.05) is 0 Å². The van der Waals surface area contributed by atoms with E-state index in [4.69, 9.17) is 16.3 Å². The maximum Gasteiger partial charge on any atom is 0.183 e. The van der Waals surface area contributed by atoms with E-state index in [1.165, 1.54) is 0 Å². The molecular formula is C13H6BrClN2O. The first-order chi connectivity index (χ1) is 8.74. The normalized spacial score (nSPS) is 12.3. The maximum absolute atomic E-state index is 6.00.